The second kappa shape index (κ2) is 6.53. The molecular formula is C14H16BrN3O2S. The molecule has 0 saturated carbocycles. The molecule has 5 nitrogen and oxygen atoms in total. The molecule has 1 unspecified atom stereocenters. The van der Waals surface area contributed by atoms with Gasteiger partial charge in [-0.2, -0.15) is 0 Å². The Kier molecular flexibility index (Phi) is 4.95. The summed E-state index contributed by atoms with van der Waals surface area (Å²) >= 11 is 5.17. The molecule has 0 radical (unpaired) electrons. The molecule has 2 rings (SSSR count). The van der Waals surface area contributed by atoms with Crippen LogP contribution in [0.2, 0.25) is 0 Å². The van der Waals surface area contributed by atoms with Gasteiger partial charge in [0, 0.05) is 27.8 Å². The van der Waals surface area contributed by atoms with Gasteiger partial charge < -0.3 is 5.32 Å². The maximum Gasteiger partial charge on any atom is 0.291 e. The second-order valence-electron chi connectivity index (χ2n) is 4.95. The summed E-state index contributed by atoms with van der Waals surface area (Å²) in [4.78, 5) is 17.2. The highest BCUT2D eigenvalue weighted by Gasteiger charge is 2.18. The van der Waals surface area contributed by atoms with Crippen LogP contribution in [0.1, 0.15) is 22.2 Å². The lowest BCUT2D eigenvalue weighted by Crippen LogP contribution is -2.19. The number of aryl methyl sites for hydroxylation is 1. The van der Waals surface area contributed by atoms with Gasteiger partial charge in [-0.25, -0.2) is 4.98 Å². The Bertz CT molecular complexity index is 672. The Morgan fingerprint density at radius 3 is 2.76 bits per heavy atom. The molecule has 7 heteroatoms. The second-order valence-corrected chi connectivity index (χ2v) is 7.12. The largest absolute Gasteiger partial charge is 0.366 e. The fourth-order valence-electron chi connectivity index (χ4n) is 2.03. The van der Waals surface area contributed by atoms with Gasteiger partial charge in [-0.1, -0.05) is 0 Å². The first-order valence-electron chi connectivity index (χ1n) is 6.49. The first-order chi connectivity index (χ1) is 9.88. The Morgan fingerprint density at radius 2 is 2.19 bits per heavy atom. The van der Waals surface area contributed by atoms with Crippen molar-refractivity contribution < 1.29 is 4.92 Å². The molecule has 0 spiro atoms. The third-order valence-corrected chi connectivity index (χ3v) is 5.11. The Labute approximate surface area is 135 Å². The summed E-state index contributed by atoms with van der Waals surface area (Å²) in [6.45, 7) is 5.87. The normalized spacial score (nSPS) is 12.2. The number of aromatic nitrogens is 1. The number of hydrogen-bond donors (Lipinski definition) is 1. The highest BCUT2D eigenvalue weighted by atomic mass is 79.9. The van der Waals surface area contributed by atoms with Crippen LogP contribution < -0.4 is 5.32 Å². The fourth-order valence-corrected chi connectivity index (χ4v) is 3.47. The Hall–Kier alpha value is -1.47. The highest BCUT2D eigenvalue weighted by Crippen LogP contribution is 2.31. The summed E-state index contributed by atoms with van der Waals surface area (Å²) in [5.41, 5.74) is 0.602. The minimum Gasteiger partial charge on any atom is -0.366 e. The third kappa shape index (κ3) is 3.79. The number of pyridine rings is 1. The lowest BCUT2D eigenvalue weighted by molar-refractivity contribution is -0.385. The van der Waals surface area contributed by atoms with E-state index in [1.807, 2.05) is 0 Å². The predicted molar refractivity (Wildman–Crippen MR) is 89.2 cm³/mol. The van der Waals surface area contributed by atoms with Crippen LogP contribution in [-0.2, 0) is 6.42 Å². The lowest BCUT2D eigenvalue weighted by Gasteiger charge is -2.15. The quantitative estimate of drug-likeness (QED) is 0.623. The minimum absolute atomic E-state index is 0.0222. The molecule has 2 heterocycles. The van der Waals surface area contributed by atoms with Crippen molar-refractivity contribution in [2.45, 2.75) is 33.2 Å². The van der Waals surface area contributed by atoms with Crippen LogP contribution >= 0.6 is 27.3 Å². The van der Waals surface area contributed by atoms with Crippen molar-refractivity contribution in [3.05, 3.63) is 48.2 Å². The van der Waals surface area contributed by atoms with Gasteiger partial charge in [0.05, 0.1) is 9.40 Å². The smallest absolute Gasteiger partial charge is 0.291 e. The van der Waals surface area contributed by atoms with Crippen molar-refractivity contribution >= 4 is 38.8 Å². The number of anilines is 1. The van der Waals surface area contributed by atoms with Crippen LogP contribution in [0.5, 0.6) is 0 Å². The highest BCUT2D eigenvalue weighted by molar-refractivity contribution is 9.10. The van der Waals surface area contributed by atoms with Crippen LogP contribution in [0.3, 0.4) is 0 Å². The van der Waals surface area contributed by atoms with Gasteiger partial charge >= 0.3 is 0 Å². The molecule has 0 bridgehead atoms. The average Bonchev–Trinajstić information content (AvgIpc) is 2.80. The molecule has 112 valence electrons. The molecule has 0 saturated heterocycles. The van der Waals surface area contributed by atoms with Crippen molar-refractivity contribution in [1.82, 2.24) is 4.98 Å². The van der Waals surface area contributed by atoms with Crippen LogP contribution in [0.15, 0.2) is 22.8 Å². The van der Waals surface area contributed by atoms with Gasteiger partial charge in [0.1, 0.15) is 12.0 Å². The fraction of sp³-hybridized carbons (Fsp3) is 0.357. The first kappa shape index (κ1) is 15.9. The first-order valence-corrected chi connectivity index (χ1v) is 8.10. The van der Waals surface area contributed by atoms with Crippen molar-refractivity contribution in [3.8, 4) is 0 Å². The Balaban J connectivity index is 2.12. The summed E-state index contributed by atoms with van der Waals surface area (Å²) in [6.07, 6.45) is 2.19. The van der Waals surface area contributed by atoms with E-state index in [4.69, 9.17) is 0 Å². The molecular weight excluding hydrogens is 354 g/mol. The van der Waals surface area contributed by atoms with Gasteiger partial charge in [0.2, 0.25) is 0 Å². The lowest BCUT2D eigenvalue weighted by atomic mass is 10.2. The van der Waals surface area contributed by atoms with Gasteiger partial charge in [-0.05, 0) is 48.8 Å². The van der Waals surface area contributed by atoms with Crippen molar-refractivity contribution in [2.75, 3.05) is 5.32 Å². The SMILES string of the molecule is Cc1ccc(CC(C)Nc2ncc([N+](=O)[O-])c(C)c2Br)s1. The molecule has 1 atom stereocenters. The van der Waals surface area contributed by atoms with E-state index in [1.165, 1.54) is 16.0 Å². The van der Waals surface area contributed by atoms with Gasteiger partial charge in [-0.3, -0.25) is 10.1 Å². The standard InChI is InChI=1S/C14H16BrN3O2S/c1-8(6-11-5-4-9(2)21-11)17-14-13(15)10(3)12(7-16-14)18(19)20/h4-5,7-8H,6H2,1-3H3,(H,16,17). The molecule has 0 fully saturated rings. The van der Waals surface area contributed by atoms with E-state index in [0.29, 0.717) is 15.9 Å². The summed E-state index contributed by atoms with van der Waals surface area (Å²) < 4.78 is 0.644. The Morgan fingerprint density at radius 1 is 1.48 bits per heavy atom. The van der Waals surface area contributed by atoms with E-state index in [9.17, 15) is 10.1 Å². The van der Waals surface area contributed by atoms with Crippen LogP contribution in [-0.4, -0.2) is 15.9 Å². The monoisotopic (exact) mass is 369 g/mol. The van der Waals surface area contributed by atoms with Crippen LogP contribution in [0.25, 0.3) is 0 Å². The summed E-state index contributed by atoms with van der Waals surface area (Å²) in [5, 5.41) is 14.2. The van der Waals surface area contributed by atoms with E-state index in [2.05, 4.69) is 52.2 Å². The van der Waals surface area contributed by atoms with E-state index in [0.717, 1.165) is 6.42 Å². The van der Waals surface area contributed by atoms with Crippen molar-refractivity contribution in [1.29, 1.82) is 0 Å². The van der Waals surface area contributed by atoms with E-state index < -0.39 is 4.92 Å². The zero-order valence-electron chi connectivity index (χ0n) is 12.0. The van der Waals surface area contributed by atoms with Gasteiger partial charge in [0.15, 0.2) is 0 Å². The molecule has 0 aliphatic rings. The average molecular weight is 370 g/mol. The summed E-state index contributed by atoms with van der Waals surface area (Å²) in [6, 6.07) is 4.42. The molecule has 2 aromatic rings. The predicted octanol–water partition coefficient (Wildman–Crippen LogP) is 4.47. The number of nitro groups is 1. The van der Waals surface area contributed by atoms with Crippen LogP contribution in [0.4, 0.5) is 11.5 Å². The van der Waals surface area contributed by atoms with E-state index in [-0.39, 0.29) is 11.7 Å². The number of hydrogen-bond acceptors (Lipinski definition) is 5. The zero-order chi connectivity index (χ0) is 15.6. The molecule has 0 aliphatic carbocycles. The maximum atomic E-state index is 10.9. The van der Waals surface area contributed by atoms with E-state index in [1.54, 1.807) is 18.3 Å². The minimum atomic E-state index is -0.422. The molecule has 21 heavy (non-hydrogen) atoms. The van der Waals surface area contributed by atoms with Crippen LogP contribution in [0, 0.1) is 24.0 Å². The summed E-state index contributed by atoms with van der Waals surface area (Å²) in [5.74, 6) is 0.638. The molecule has 1 N–H and O–H groups in total. The number of thiophene rings is 1. The van der Waals surface area contributed by atoms with E-state index >= 15 is 0 Å². The number of rotatable bonds is 5. The third-order valence-electron chi connectivity index (χ3n) is 3.12. The zero-order valence-corrected chi connectivity index (χ0v) is 14.4. The molecule has 0 aliphatic heterocycles. The summed E-state index contributed by atoms with van der Waals surface area (Å²) in [7, 11) is 0. The van der Waals surface area contributed by atoms with Gasteiger partial charge in [-0.15, -0.1) is 11.3 Å². The van der Waals surface area contributed by atoms with Crippen molar-refractivity contribution in [2.24, 2.45) is 0 Å². The number of nitrogens with zero attached hydrogens (tertiary/aromatic N) is 2. The number of halogens is 1. The van der Waals surface area contributed by atoms with Crippen molar-refractivity contribution in [3.63, 3.8) is 0 Å². The number of nitrogens with one attached hydrogen (secondary N) is 1. The molecule has 2 aromatic heterocycles. The topological polar surface area (TPSA) is 68.1 Å². The molecule has 0 amide bonds. The molecule has 0 aromatic carbocycles. The maximum absolute atomic E-state index is 10.9. The van der Waals surface area contributed by atoms with Gasteiger partial charge in [0.25, 0.3) is 5.69 Å².